The molecule has 1 aliphatic rings. The largest absolute Gasteiger partial charge is 0.354 e. The van der Waals surface area contributed by atoms with E-state index in [0.717, 1.165) is 29.7 Å². The van der Waals surface area contributed by atoms with Crippen LogP contribution in [0.15, 0.2) is 6.07 Å². The van der Waals surface area contributed by atoms with Gasteiger partial charge in [0, 0.05) is 24.0 Å². The molecule has 1 fully saturated rings. The first-order valence-corrected chi connectivity index (χ1v) is 8.70. The first-order chi connectivity index (χ1) is 10.1. The fourth-order valence-corrected chi connectivity index (χ4v) is 3.99. The Bertz CT molecular complexity index is 636. The molecule has 0 saturated carbocycles. The molecule has 1 N–H and O–H groups in total. The predicted molar refractivity (Wildman–Crippen MR) is 91.5 cm³/mol. The Balaban J connectivity index is 2.10. The summed E-state index contributed by atoms with van der Waals surface area (Å²) in [5.41, 5.74) is 0. The number of piperidine rings is 1. The van der Waals surface area contributed by atoms with Crippen LogP contribution in [-0.2, 0) is 0 Å². The number of rotatable bonds is 3. The lowest BCUT2D eigenvalue weighted by molar-refractivity contribution is 0.362. The fraction of sp³-hybridized carbons (Fsp3) is 0.625. The predicted octanol–water partition coefficient (Wildman–Crippen LogP) is 4.06. The average Bonchev–Trinajstić information content (AvgIpc) is 2.82. The van der Waals surface area contributed by atoms with Crippen molar-refractivity contribution in [3.63, 3.8) is 0 Å². The zero-order valence-corrected chi connectivity index (χ0v) is 14.1. The minimum atomic E-state index is 0.534. The molecule has 0 radical (unpaired) electrons. The lowest BCUT2D eigenvalue weighted by Crippen LogP contribution is -2.43. The molecule has 2 aromatic heterocycles. The van der Waals surface area contributed by atoms with Gasteiger partial charge in [-0.1, -0.05) is 6.92 Å². The highest BCUT2D eigenvalue weighted by molar-refractivity contribution is 7.18. The molecule has 0 amide bonds. The summed E-state index contributed by atoms with van der Waals surface area (Å²) in [6.45, 7) is 10.8. The molecule has 3 rings (SSSR count). The molecule has 5 heteroatoms. The maximum Gasteiger partial charge on any atom is 0.226 e. The Morgan fingerprint density at radius 1 is 1.38 bits per heavy atom. The smallest absolute Gasteiger partial charge is 0.226 e. The molecule has 2 atom stereocenters. The maximum atomic E-state index is 4.82. The highest BCUT2D eigenvalue weighted by Crippen LogP contribution is 2.35. The zero-order valence-electron chi connectivity index (χ0n) is 13.3. The van der Waals surface area contributed by atoms with E-state index in [0.29, 0.717) is 12.0 Å². The van der Waals surface area contributed by atoms with Crippen molar-refractivity contribution in [2.45, 2.75) is 46.6 Å². The van der Waals surface area contributed by atoms with E-state index < -0.39 is 0 Å². The summed E-state index contributed by atoms with van der Waals surface area (Å²) in [5.74, 6) is 2.58. The standard InChI is InChI=1S/C16H24N4S/c1-5-17-16-18-14(13-9-11(3)21-15(13)19-16)20-8-6-7-10(2)12(20)4/h9-10,12H,5-8H2,1-4H3,(H,17,18,19). The third kappa shape index (κ3) is 2.71. The normalized spacial score (nSPS) is 22.8. The van der Waals surface area contributed by atoms with E-state index in [9.17, 15) is 0 Å². The number of thiophene rings is 1. The summed E-state index contributed by atoms with van der Waals surface area (Å²) >= 11 is 1.75. The molecule has 1 aliphatic heterocycles. The van der Waals surface area contributed by atoms with Crippen LogP contribution < -0.4 is 10.2 Å². The SMILES string of the molecule is CCNc1nc(N2CCCC(C)C2C)c2cc(C)sc2n1. The second-order valence-electron chi connectivity index (χ2n) is 6.03. The van der Waals surface area contributed by atoms with Gasteiger partial charge in [-0.2, -0.15) is 4.98 Å². The molecule has 1 saturated heterocycles. The van der Waals surface area contributed by atoms with Crippen LogP contribution in [0, 0.1) is 12.8 Å². The number of anilines is 2. The molecule has 4 nitrogen and oxygen atoms in total. The molecule has 0 spiro atoms. The van der Waals surface area contributed by atoms with Gasteiger partial charge in [0.05, 0.1) is 5.39 Å². The first-order valence-electron chi connectivity index (χ1n) is 7.89. The average molecular weight is 304 g/mol. The van der Waals surface area contributed by atoms with Gasteiger partial charge in [0.25, 0.3) is 0 Å². The first kappa shape index (κ1) is 14.6. The second-order valence-corrected chi connectivity index (χ2v) is 7.27. The lowest BCUT2D eigenvalue weighted by atomic mass is 9.92. The Morgan fingerprint density at radius 2 is 2.19 bits per heavy atom. The van der Waals surface area contributed by atoms with Gasteiger partial charge in [0.1, 0.15) is 10.6 Å². The third-order valence-electron chi connectivity index (χ3n) is 4.48. The van der Waals surface area contributed by atoms with Crippen LogP contribution in [0.3, 0.4) is 0 Å². The maximum absolute atomic E-state index is 4.82. The van der Waals surface area contributed by atoms with Crippen molar-refractivity contribution in [3.8, 4) is 0 Å². The van der Waals surface area contributed by atoms with Crippen LogP contribution in [0.1, 0.15) is 38.5 Å². The number of hydrogen-bond donors (Lipinski definition) is 1. The fourth-order valence-electron chi connectivity index (χ4n) is 3.12. The highest BCUT2D eigenvalue weighted by atomic mass is 32.1. The van der Waals surface area contributed by atoms with Crippen molar-refractivity contribution in [1.82, 2.24) is 9.97 Å². The third-order valence-corrected chi connectivity index (χ3v) is 5.42. The molecule has 2 unspecified atom stereocenters. The molecule has 21 heavy (non-hydrogen) atoms. The number of aromatic nitrogens is 2. The lowest BCUT2D eigenvalue weighted by Gasteiger charge is -2.39. The van der Waals surface area contributed by atoms with E-state index in [1.807, 2.05) is 0 Å². The summed E-state index contributed by atoms with van der Waals surface area (Å²) in [6.07, 6.45) is 2.56. The summed E-state index contributed by atoms with van der Waals surface area (Å²) < 4.78 is 0. The molecule has 0 bridgehead atoms. The van der Waals surface area contributed by atoms with Gasteiger partial charge in [0.15, 0.2) is 0 Å². The van der Waals surface area contributed by atoms with Crippen LogP contribution >= 0.6 is 11.3 Å². The summed E-state index contributed by atoms with van der Waals surface area (Å²) in [6, 6.07) is 2.77. The van der Waals surface area contributed by atoms with Gasteiger partial charge in [-0.25, -0.2) is 4.98 Å². The molecular weight excluding hydrogens is 280 g/mol. The number of nitrogens with zero attached hydrogens (tertiary/aromatic N) is 3. The monoisotopic (exact) mass is 304 g/mol. The number of aryl methyl sites for hydroxylation is 1. The molecule has 2 aromatic rings. The van der Waals surface area contributed by atoms with Crippen molar-refractivity contribution in [3.05, 3.63) is 10.9 Å². The van der Waals surface area contributed by atoms with E-state index in [-0.39, 0.29) is 0 Å². The van der Waals surface area contributed by atoms with Crippen LogP contribution in [0.4, 0.5) is 11.8 Å². The van der Waals surface area contributed by atoms with Crippen LogP contribution in [0.2, 0.25) is 0 Å². The Hall–Kier alpha value is -1.36. The Kier molecular flexibility index (Phi) is 4.02. The van der Waals surface area contributed by atoms with Crippen molar-refractivity contribution < 1.29 is 0 Å². The van der Waals surface area contributed by atoms with Crippen molar-refractivity contribution >= 4 is 33.3 Å². The van der Waals surface area contributed by atoms with Gasteiger partial charge >= 0.3 is 0 Å². The highest BCUT2D eigenvalue weighted by Gasteiger charge is 2.27. The minimum absolute atomic E-state index is 0.534. The molecular formula is C16H24N4S. The van der Waals surface area contributed by atoms with Crippen LogP contribution in [0.25, 0.3) is 10.2 Å². The van der Waals surface area contributed by atoms with E-state index >= 15 is 0 Å². The van der Waals surface area contributed by atoms with E-state index in [1.165, 1.54) is 23.1 Å². The quantitative estimate of drug-likeness (QED) is 0.928. The van der Waals surface area contributed by atoms with Gasteiger partial charge < -0.3 is 10.2 Å². The number of nitrogens with one attached hydrogen (secondary N) is 1. The number of hydrogen-bond acceptors (Lipinski definition) is 5. The van der Waals surface area contributed by atoms with Crippen molar-refractivity contribution in [1.29, 1.82) is 0 Å². The van der Waals surface area contributed by atoms with Gasteiger partial charge in [-0.3, -0.25) is 0 Å². The molecule has 0 aliphatic carbocycles. The Labute approximate surface area is 130 Å². The minimum Gasteiger partial charge on any atom is -0.354 e. The van der Waals surface area contributed by atoms with Crippen LogP contribution in [-0.4, -0.2) is 29.1 Å². The Morgan fingerprint density at radius 3 is 2.95 bits per heavy atom. The van der Waals surface area contributed by atoms with Gasteiger partial charge in [-0.15, -0.1) is 11.3 Å². The van der Waals surface area contributed by atoms with Crippen molar-refractivity contribution in [2.75, 3.05) is 23.3 Å². The summed E-state index contributed by atoms with van der Waals surface area (Å²) in [4.78, 5) is 14.3. The second kappa shape index (κ2) is 5.79. The topological polar surface area (TPSA) is 41.1 Å². The van der Waals surface area contributed by atoms with Crippen LogP contribution in [0.5, 0.6) is 0 Å². The van der Waals surface area contributed by atoms with E-state index in [2.05, 4.69) is 49.0 Å². The van der Waals surface area contributed by atoms with Gasteiger partial charge in [-0.05, 0) is 45.6 Å². The zero-order chi connectivity index (χ0) is 15.0. The number of fused-ring (bicyclic) bond motifs is 1. The van der Waals surface area contributed by atoms with Gasteiger partial charge in [0.2, 0.25) is 5.95 Å². The van der Waals surface area contributed by atoms with Crippen molar-refractivity contribution in [2.24, 2.45) is 5.92 Å². The summed E-state index contributed by atoms with van der Waals surface area (Å²) in [5, 5.41) is 4.48. The van der Waals surface area contributed by atoms with E-state index in [1.54, 1.807) is 11.3 Å². The molecule has 0 aromatic carbocycles. The van der Waals surface area contributed by atoms with E-state index in [4.69, 9.17) is 4.98 Å². The molecule has 114 valence electrons. The molecule has 3 heterocycles. The summed E-state index contributed by atoms with van der Waals surface area (Å²) in [7, 11) is 0.